The van der Waals surface area contributed by atoms with E-state index in [-0.39, 0.29) is 5.97 Å². The molecule has 1 fully saturated rings. The van der Waals surface area contributed by atoms with Crippen LogP contribution in [-0.2, 0) is 8.98 Å². The van der Waals surface area contributed by atoms with Crippen LogP contribution >= 0.6 is 12.0 Å². The summed E-state index contributed by atoms with van der Waals surface area (Å²) in [5, 5.41) is 0.293. The lowest BCUT2D eigenvalue weighted by Crippen LogP contribution is -2.06. The first kappa shape index (κ1) is 14.9. The minimum Gasteiger partial charge on any atom is -0.481 e. The van der Waals surface area contributed by atoms with Gasteiger partial charge in [0.2, 0.25) is 16.9 Å². The summed E-state index contributed by atoms with van der Waals surface area (Å²) in [4.78, 5) is 19.9. The van der Waals surface area contributed by atoms with Crippen molar-refractivity contribution in [2.75, 3.05) is 14.2 Å². The van der Waals surface area contributed by atoms with Crippen LogP contribution in [0, 0.1) is 5.92 Å². The van der Waals surface area contributed by atoms with Crippen molar-refractivity contribution in [2.45, 2.75) is 37.3 Å². The van der Waals surface area contributed by atoms with Crippen LogP contribution in [0.1, 0.15) is 32.1 Å². The van der Waals surface area contributed by atoms with Crippen LogP contribution in [0.4, 0.5) is 0 Å². The normalized spacial score (nSPS) is 15.1. The highest BCUT2D eigenvalue weighted by Crippen LogP contribution is 2.29. The molecule has 1 aromatic rings. The number of ether oxygens (including phenoxy) is 2. The van der Waals surface area contributed by atoms with Crippen molar-refractivity contribution < 1.29 is 18.5 Å². The molecule has 0 bridgehead atoms. The molecule has 20 heavy (non-hydrogen) atoms. The topological polar surface area (TPSA) is 70.5 Å². The van der Waals surface area contributed by atoms with Crippen molar-refractivity contribution in [3.05, 3.63) is 6.07 Å². The molecule has 0 spiro atoms. The zero-order valence-corrected chi connectivity index (χ0v) is 12.4. The van der Waals surface area contributed by atoms with E-state index in [0.29, 0.717) is 29.3 Å². The minimum atomic E-state index is -0.229. The molecule has 0 radical (unpaired) electrons. The number of aromatic nitrogens is 2. The predicted molar refractivity (Wildman–Crippen MR) is 73.7 cm³/mol. The SMILES string of the molecule is COc1cc(OC)nc(SOC(=O)CC2CCCC2)n1. The molecule has 1 aliphatic carbocycles. The fraction of sp³-hybridized carbons (Fsp3) is 0.615. The van der Waals surface area contributed by atoms with Crippen molar-refractivity contribution in [2.24, 2.45) is 5.92 Å². The van der Waals surface area contributed by atoms with E-state index in [2.05, 4.69) is 9.97 Å². The average Bonchev–Trinajstić information content (AvgIpc) is 2.97. The number of methoxy groups -OCH3 is 2. The van der Waals surface area contributed by atoms with E-state index in [1.165, 1.54) is 27.1 Å². The maximum absolute atomic E-state index is 11.7. The number of hydrogen-bond donors (Lipinski definition) is 0. The van der Waals surface area contributed by atoms with Crippen LogP contribution in [0.5, 0.6) is 11.8 Å². The lowest BCUT2D eigenvalue weighted by Gasteiger charge is -2.08. The van der Waals surface area contributed by atoms with Crippen molar-refractivity contribution in [3.63, 3.8) is 0 Å². The molecule has 0 N–H and O–H groups in total. The van der Waals surface area contributed by atoms with E-state index in [4.69, 9.17) is 13.7 Å². The molecule has 0 aromatic carbocycles. The first-order chi connectivity index (χ1) is 9.71. The number of hydrogen-bond acceptors (Lipinski definition) is 7. The van der Waals surface area contributed by atoms with Gasteiger partial charge in [-0.25, -0.2) is 0 Å². The van der Waals surface area contributed by atoms with Crippen LogP contribution in [0.2, 0.25) is 0 Å². The molecule has 0 atom stereocenters. The van der Waals surface area contributed by atoms with Gasteiger partial charge in [0.25, 0.3) is 0 Å². The molecule has 1 heterocycles. The van der Waals surface area contributed by atoms with E-state index < -0.39 is 0 Å². The highest BCUT2D eigenvalue weighted by Gasteiger charge is 2.20. The van der Waals surface area contributed by atoms with Gasteiger partial charge >= 0.3 is 5.97 Å². The van der Waals surface area contributed by atoms with Gasteiger partial charge in [-0.3, -0.25) is 4.79 Å². The molecule has 0 amide bonds. The highest BCUT2D eigenvalue weighted by atomic mass is 32.2. The van der Waals surface area contributed by atoms with Gasteiger partial charge in [0, 0.05) is 6.42 Å². The number of nitrogens with zero attached hydrogens (tertiary/aromatic N) is 2. The summed E-state index contributed by atoms with van der Waals surface area (Å²) in [5.74, 6) is 0.966. The van der Waals surface area contributed by atoms with Gasteiger partial charge in [-0.1, -0.05) is 12.8 Å². The third kappa shape index (κ3) is 4.26. The van der Waals surface area contributed by atoms with Crippen LogP contribution < -0.4 is 9.47 Å². The molecular weight excluding hydrogens is 280 g/mol. The number of carbonyl (C=O) groups excluding carboxylic acids is 1. The van der Waals surface area contributed by atoms with E-state index >= 15 is 0 Å². The maximum Gasteiger partial charge on any atom is 0.318 e. The Balaban J connectivity index is 1.87. The van der Waals surface area contributed by atoms with Gasteiger partial charge in [0.1, 0.15) is 12.0 Å². The van der Waals surface area contributed by atoms with Crippen molar-refractivity contribution in [1.29, 1.82) is 0 Å². The van der Waals surface area contributed by atoms with Crippen LogP contribution in [0.3, 0.4) is 0 Å². The van der Waals surface area contributed by atoms with Crippen LogP contribution in [0.15, 0.2) is 11.2 Å². The van der Waals surface area contributed by atoms with Gasteiger partial charge in [-0.05, 0) is 18.8 Å². The van der Waals surface area contributed by atoms with E-state index in [9.17, 15) is 4.79 Å². The molecular formula is C13H18N2O4S. The quantitative estimate of drug-likeness (QED) is 0.590. The average molecular weight is 298 g/mol. The molecule has 110 valence electrons. The second-order valence-corrected chi connectivity index (χ2v) is 5.33. The summed E-state index contributed by atoms with van der Waals surface area (Å²) < 4.78 is 15.2. The van der Waals surface area contributed by atoms with Gasteiger partial charge in [0.15, 0.2) is 0 Å². The van der Waals surface area contributed by atoms with E-state index in [1.54, 1.807) is 6.07 Å². The largest absolute Gasteiger partial charge is 0.481 e. The number of rotatable bonds is 6. The lowest BCUT2D eigenvalue weighted by atomic mass is 10.1. The monoisotopic (exact) mass is 298 g/mol. The summed E-state index contributed by atoms with van der Waals surface area (Å²) in [6.07, 6.45) is 5.11. The number of carbonyl (C=O) groups is 1. The molecule has 1 aliphatic rings. The molecule has 2 rings (SSSR count). The van der Waals surface area contributed by atoms with Crippen molar-refractivity contribution in [1.82, 2.24) is 9.97 Å². The summed E-state index contributed by atoms with van der Waals surface area (Å²) in [6, 6.07) is 1.56. The van der Waals surface area contributed by atoms with E-state index in [0.717, 1.165) is 24.9 Å². The fourth-order valence-corrected chi connectivity index (χ4v) is 2.69. The van der Waals surface area contributed by atoms with Gasteiger partial charge < -0.3 is 13.7 Å². The zero-order valence-electron chi connectivity index (χ0n) is 11.6. The van der Waals surface area contributed by atoms with Crippen LogP contribution in [-0.4, -0.2) is 30.2 Å². The Hall–Kier alpha value is -1.50. The molecule has 0 aliphatic heterocycles. The third-order valence-corrected chi connectivity index (χ3v) is 3.82. The molecule has 1 aromatic heterocycles. The Kier molecular flexibility index (Phi) is 5.46. The third-order valence-electron chi connectivity index (χ3n) is 3.22. The van der Waals surface area contributed by atoms with E-state index in [1.807, 2.05) is 0 Å². The molecule has 0 unspecified atom stereocenters. The lowest BCUT2D eigenvalue weighted by molar-refractivity contribution is -0.134. The summed E-state index contributed by atoms with van der Waals surface area (Å²) in [6.45, 7) is 0. The van der Waals surface area contributed by atoms with Gasteiger partial charge in [-0.2, -0.15) is 9.97 Å². The summed E-state index contributed by atoms with van der Waals surface area (Å²) >= 11 is 0.839. The Morgan fingerprint density at radius 2 is 1.85 bits per heavy atom. The highest BCUT2D eigenvalue weighted by molar-refractivity contribution is 7.94. The first-order valence-electron chi connectivity index (χ1n) is 6.55. The molecule has 6 nitrogen and oxygen atoms in total. The molecule has 7 heteroatoms. The van der Waals surface area contributed by atoms with Gasteiger partial charge in [0.05, 0.1) is 20.3 Å². The van der Waals surface area contributed by atoms with Gasteiger partial charge in [-0.15, -0.1) is 0 Å². The Bertz CT molecular complexity index is 441. The summed E-state index contributed by atoms with van der Waals surface area (Å²) in [7, 11) is 3.00. The fourth-order valence-electron chi connectivity index (χ4n) is 2.20. The standard InChI is InChI=1S/C13H18N2O4S/c1-17-10-8-11(18-2)15-13(14-10)20-19-12(16)7-9-5-3-4-6-9/h8-9H,3-7H2,1-2H3. The predicted octanol–water partition coefficient (Wildman–Crippen LogP) is 2.62. The second kappa shape index (κ2) is 7.33. The minimum absolute atomic E-state index is 0.229. The van der Waals surface area contributed by atoms with Crippen LogP contribution in [0.25, 0.3) is 0 Å². The maximum atomic E-state index is 11.7. The second-order valence-electron chi connectivity index (χ2n) is 4.63. The smallest absolute Gasteiger partial charge is 0.318 e. The molecule has 0 saturated heterocycles. The Morgan fingerprint density at radius 3 is 2.40 bits per heavy atom. The van der Waals surface area contributed by atoms with Crippen molar-refractivity contribution in [3.8, 4) is 11.8 Å². The Morgan fingerprint density at radius 1 is 1.25 bits per heavy atom. The Labute approximate surface area is 122 Å². The zero-order chi connectivity index (χ0) is 14.4. The van der Waals surface area contributed by atoms with Crippen molar-refractivity contribution >= 4 is 18.0 Å². The summed E-state index contributed by atoms with van der Waals surface area (Å²) in [5.41, 5.74) is 0. The first-order valence-corrected chi connectivity index (χ1v) is 7.30. The molecule has 1 saturated carbocycles.